The number of hydrogen-bond acceptors (Lipinski definition) is 2. The summed E-state index contributed by atoms with van der Waals surface area (Å²) in [7, 11) is 1.65. The third-order valence-corrected chi connectivity index (χ3v) is 3.29. The SMILES string of the molecule is CN=C(N)NCc1ccc(N2CCCCC2=O)cc1. The van der Waals surface area contributed by atoms with Crippen molar-refractivity contribution in [1.29, 1.82) is 0 Å². The van der Waals surface area contributed by atoms with E-state index in [4.69, 9.17) is 5.73 Å². The second-order valence-electron chi connectivity index (χ2n) is 4.63. The molecule has 1 amide bonds. The molecule has 0 spiro atoms. The van der Waals surface area contributed by atoms with E-state index in [0.29, 0.717) is 18.9 Å². The standard InChI is InChI=1S/C14H20N4O/c1-16-14(15)17-10-11-5-7-12(8-6-11)18-9-3-2-4-13(18)19/h5-8H,2-4,9-10H2,1H3,(H3,15,16,17). The van der Waals surface area contributed by atoms with Crippen molar-refractivity contribution in [3.05, 3.63) is 29.8 Å². The number of hydrogen-bond donors (Lipinski definition) is 2. The highest BCUT2D eigenvalue weighted by molar-refractivity contribution is 5.93. The lowest BCUT2D eigenvalue weighted by Crippen LogP contribution is -2.35. The van der Waals surface area contributed by atoms with E-state index < -0.39 is 0 Å². The zero-order valence-corrected chi connectivity index (χ0v) is 11.2. The Morgan fingerprint density at radius 3 is 2.74 bits per heavy atom. The van der Waals surface area contributed by atoms with Crippen LogP contribution in [0.2, 0.25) is 0 Å². The first-order chi connectivity index (χ1) is 9.20. The van der Waals surface area contributed by atoms with Gasteiger partial charge in [0.25, 0.3) is 0 Å². The van der Waals surface area contributed by atoms with Gasteiger partial charge in [-0.3, -0.25) is 9.79 Å². The Kier molecular flexibility index (Phi) is 4.39. The van der Waals surface area contributed by atoms with Crippen LogP contribution in [-0.2, 0) is 11.3 Å². The first kappa shape index (κ1) is 13.4. The molecular weight excluding hydrogens is 240 g/mol. The number of piperidine rings is 1. The van der Waals surface area contributed by atoms with E-state index in [1.54, 1.807) is 7.05 Å². The number of aliphatic imine (C=N–C) groups is 1. The summed E-state index contributed by atoms with van der Waals surface area (Å²) in [5.74, 6) is 0.648. The molecule has 1 aromatic carbocycles. The van der Waals surface area contributed by atoms with Gasteiger partial charge in [-0.05, 0) is 30.5 Å². The largest absolute Gasteiger partial charge is 0.370 e. The van der Waals surface area contributed by atoms with Gasteiger partial charge in [-0.25, -0.2) is 0 Å². The Morgan fingerprint density at radius 2 is 2.11 bits per heavy atom. The van der Waals surface area contributed by atoms with Crippen molar-refractivity contribution >= 4 is 17.6 Å². The molecule has 19 heavy (non-hydrogen) atoms. The van der Waals surface area contributed by atoms with Crippen LogP contribution in [0.15, 0.2) is 29.3 Å². The first-order valence-electron chi connectivity index (χ1n) is 6.56. The molecular formula is C14H20N4O. The van der Waals surface area contributed by atoms with Crippen LogP contribution >= 0.6 is 0 Å². The van der Waals surface area contributed by atoms with Gasteiger partial charge in [0.05, 0.1) is 0 Å². The number of benzene rings is 1. The predicted molar refractivity (Wildman–Crippen MR) is 77.0 cm³/mol. The van der Waals surface area contributed by atoms with Gasteiger partial charge in [0.1, 0.15) is 0 Å². The minimum absolute atomic E-state index is 0.222. The summed E-state index contributed by atoms with van der Waals surface area (Å²) in [4.78, 5) is 17.5. The van der Waals surface area contributed by atoms with Crippen LogP contribution in [0.5, 0.6) is 0 Å². The summed E-state index contributed by atoms with van der Waals surface area (Å²) in [6, 6.07) is 7.99. The van der Waals surface area contributed by atoms with Crippen LogP contribution in [0.1, 0.15) is 24.8 Å². The highest BCUT2D eigenvalue weighted by atomic mass is 16.2. The fourth-order valence-electron chi connectivity index (χ4n) is 2.14. The van der Waals surface area contributed by atoms with E-state index in [1.165, 1.54) is 0 Å². The molecule has 1 aliphatic rings. The van der Waals surface area contributed by atoms with Crippen molar-refractivity contribution in [2.45, 2.75) is 25.8 Å². The molecule has 102 valence electrons. The van der Waals surface area contributed by atoms with Crippen molar-refractivity contribution in [3.8, 4) is 0 Å². The number of anilines is 1. The Bertz CT molecular complexity index is 467. The molecule has 0 aliphatic carbocycles. The molecule has 2 rings (SSSR count). The monoisotopic (exact) mass is 260 g/mol. The van der Waals surface area contributed by atoms with Crippen LogP contribution in [-0.4, -0.2) is 25.5 Å². The topological polar surface area (TPSA) is 70.7 Å². The molecule has 1 heterocycles. The molecule has 0 unspecified atom stereocenters. The van der Waals surface area contributed by atoms with E-state index in [-0.39, 0.29) is 5.91 Å². The molecule has 3 N–H and O–H groups in total. The van der Waals surface area contributed by atoms with Gasteiger partial charge in [-0.1, -0.05) is 12.1 Å². The fraction of sp³-hybridized carbons (Fsp3) is 0.429. The zero-order valence-electron chi connectivity index (χ0n) is 11.2. The van der Waals surface area contributed by atoms with Crippen molar-refractivity contribution in [2.75, 3.05) is 18.5 Å². The second-order valence-corrected chi connectivity index (χ2v) is 4.63. The summed E-state index contributed by atoms with van der Waals surface area (Å²) in [6.45, 7) is 1.46. The van der Waals surface area contributed by atoms with E-state index in [1.807, 2.05) is 29.2 Å². The van der Waals surface area contributed by atoms with Gasteiger partial charge in [-0.15, -0.1) is 0 Å². The van der Waals surface area contributed by atoms with Crippen molar-refractivity contribution in [3.63, 3.8) is 0 Å². The molecule has 1 saturated heterocycles. The lowest BCUT2D eigenvalue weighted by molar-refractivity contribution is -0.119. The van der Waals surface area contributed by atoms with Gasteiger partial charge < -0.3 is 16.0 Å². The third kappa shape index (κ3) is 3.47. The zero-order chi connectivity index (χ0) is 13.7. The van der Waals surface area contributed by atoms with Crippen molar-refractivity contribution in [1.82, 2.24) is 5.32 Å². The number of amides is 1. The molecule has 5 heteroatoms. The predicted octanol–water partition coefficient (Wildman–Crippen LogP) is 1.24. The van der Waals surface area contributed by atoms with Gasteiger partial charge in [0.2, 0.25) is 5.91 Å². The van der Waals surface area contributed by atoms with Crippen LogP contribution in [0.4, 0.5) is 5.69 Å². The Labute approximate surface area is 113 Å². The van der Waals surface area contributed by atoms with E-state index in [9.17, 15) is 4.79 Å². The van der Waals surface area contributed by atoms with E-state index >= 15 is 0 Å². The minimum atomic E-state index is 0.222. The summed E-state index contributed by atoms with van der Waals surface area (Å²) in [6.07, 6.45) is 2.75. The maximum Gasteiger partial charge on any atom is 0.226 e. The number of nitrogens with one attached hydrogen (secondary N) is 1. The lowest BCUT2D eigenvalue weighted by atomic mass is 10.1. The number of nitrogens with zero attached hydrogens (tertiary/aromatic N) is 2. The Balaban J connectivity index is 1.99. The van der Waals surface area contributed by atoms with Crippen LogP contribution in [0.25, 0.3) is 0 Å². The van der Waals surface area contributed by atoms with Crippen LogP contribution in [0, 0.1) is 0 Å². The smallest absolute Gasteiger partial charge is 0.226 e. The van der Waals surface area contributed by atoms with Crippen molar-refractivity contribution < 1.29 is 4.79 Å². The molecule has 1 aliphatic heterocycles. The quantitative estimate of drug-likeness (QED) is 0.634. The fourth-order valence-corrected chi connectivity index (χ4v) is 2.14. The summed E-state index contributed by atoms with van der Waals surface area (Å²) >= 11 is 0. The average molecular weight is 260 g/mol. The number of carbonyl (C=O) groups is 1. The Hall–Kier alpha value is -2.04. The van der Waals surface area contributed by atoms with E-state index in [2.05, 4.69) is 10.3 Å². The summed E-state index contributed by atoms with van der Waals surface area (Å²) in [5.41, 5.74) is 7.66. The second kappa shape index (κ2) is 6.22. The first-order valence-corrected chi connectivity index (χ1v) is 6.56. The van der Waals surface area contributed by atoms with Gasteiger partial charge in [0, 0.05) is 32.2 Å². The van der Waals surface area contributed by atoms with Gasteiger partial charge >= 0.3 is 0 Å². The highest BCUT2D eigenvalue weighted by Gasteiger charge is 2.19. The molecule has 1 fully saturated rings. The van der Waals surface area contributed by atoms with Gasteiger partial charge in [-0.2, -0.15) is 0 Å². The average Bonchev–Trinajstić information content (AvgIpc) is 2.46. The van der Waals surface area contributed by atoms with Gasteiger partial charge in [0.15, 0.2) is 5.96 Å². The maximum atomic E-state index is 11.8. The minimum Gasteiger partial charge on any atom is -0.370 e. The highest BCUT2D eigenvalue weighted by Crippen LogP contribution is 2.21. The number of rotatable bonds is 3. The molecule has 0 radical (unpaired) electrons. The van der Waals surface area contributed by atoms with Crippen LogP contribution < -0.4 is 16.0 Å². The van der Waals surface area contributed by atoms with E-state index in [0.717, 1.165) is 30.6 Å². The normalized spacial score (nSPS) is 16.6. The molecule has 0 saturated carbocycles. The number of nitrogens with two attached hydrogens (primary N) is 1. The third-order valence-electron chi connectivity index (χ3n) is 3.29. The summed E-state index contributed by atoms with van der Waals surface area (Å²) < 4.78 is 0. The lowest BCUT2D eigenvalue weighted by Gasteiger charge is -2.26. The molecule has 5 nitrogen and oxygen atoms in total. The molecule has 0 atom stereocenters. The molecule has 0 aromatic heterocycles. The maximum absolute atomic E-state index is 11.8. The van der Waals surface area contributed by atoms with Crippen molar-refractivity contribution in [2.24, 2.45) is 10.7 Å². The Morgan fingerprint density at radius 1 is 1.37 bits per heavy atom. The summed E-state index contributed by atoms with van der Waals surface area (Å²) in [5, 5.41) is 3.00. The molecule has 1 aromatic rings. The van der Waals surface area contributed by atoms with Crippen LogP contribution in [0.3, 0.4) is 0 Å². The molecule has 0 bridgehead atoms. The number of guanidine groups is 1. The number of carbonyl (C=O) groups excluding carboxylic acids is 1.